The van der Waals surface area contributed by atoms with Crippen molar-refractivity contribution in [2.45, 2.75) is 6.54 Å². The highest BCUT2D eigenvalue weighted by Crippen LogP contribution is 2.26. The number of H-pyrrole nitrogens is 1. The fourth-order valence-electron chi connectivity index (χ4n) is 3.77. The van der Waals surface area contributed by atoms with Crippen molar-refractivity contribution in [1.29, 1.82) is 0 Å². The molecule has 0 spiro atoms. The molecule has 32 heavy (non-hydrogen) atoms. The number of nitrogens with zero attached hydrogens (tertiary/aromatic N) is 1. The molecule has 0 unspecified atom stereocenters. The first-order valence-corrected chi connectivity index (χ1v) is 10.5. The quantitative estimate of drug-likeness (QED) is 0.245. The fraction of sp³-hybridized carbons (Fsp3) is 0.0370. The minimum absolute atomic E-state index is 0.249. The number of anilines is 1. The molecule has 3 N–H and O–H groups in total. The lowest BCUT2D eigenvalue weighted by Gasteiger charge is -2.07. The van der Waals surface area contributed by atoms with Gasteiger partial charge in [-0.3, -0.25) is 4.79 Å². The van der Waals surface area contributed by atoms with Crippen molar-refractivity contribution in [1.82, 2.24) is 10.4 Å². The summed E-state index contributed by atoms with van der Waals surface area (Å²) in [7, 11) is 0. The van der Waals surface area contributed by atoms with E-state index in [0.717, 1.165) is 34.1 Å². The van der Waals surface area contributed by atoms with E-state index in [1.54, 1.807) is 18.3 Å². The molecule has 156 valence electrons. The number of carbonyl (C=O) groups excluding carboxylic acids is 1. The molecule has 5 nitrogen and oxygen atoms in total. The van der Waals surface area contributed by atoms with Crippen LogP contribution >= 0.6 is 0 Å². The Kier molecular flexibility index (Phi) is 5.37. The lowest BCUT2D eigenvalue weighted by Crippen LogP contribution is -2.17. The molecule has 0 aliphatic carbocycles. The summed E-state index contributed by atoms with van der Waals surface area (Å²) in [6.07, 6.45) is 3.57. The maximum Gasteiger partial charge on any atom is 0.271 e. The van der Waals surface area contributed by atoms with E-state index in [1.807, 2.05) is 48.7 Å². The molecule has 0 radical (unpaired) electrons. The van der Waals surface area contributed by atoms with Crippen molar-refractivity contribution < 1.29 is 4.79 Å². The Bertz CT molecular complexity index is 1400. The number of amides is 1. The van der Waals surface area contributed by atoms with Crippen molar-refractivity contribution in [3.8, 4) is 0 Å². The standard InChI is InChI=1S/C27H22N4O/c32-27(21-10-13-23(14-11-21)28-16-19-6-2-1-3-7-19)31-30-18-22-17-29-26-24-9-5-4-8-20(24)12-15-25(22)26/h1-15,17-18,28-29H,16H2,(H,31,32)/b30-18-. The van der Waals surface area contributed by atoms with E-state index >= 15 is 0 Å². The van der Waals surface area contributed by atoms with Crippen LogP contribution in [0.2, 0.25) is 0 Å². The Morgan fingerprint density at radius 2 is 1.62 bits per heavy atom. The summed E-state index contributed by atoms with van der Waals surface area (Å²) in [4.78, 5) is 15.8. The average molecular weight is 419 g/mol. The zero-order chi connectivity index (χ0) is 21.8. The predicted octanol–water partition coefficient (Wildman–Crippen LogP) is 5.70. The molecule has 0 saturated heterocycles. The van der Waals surface area contributed by atoms with E-state index in [0.29, 0.717) is 5.56 Å². The van der Waals surface area contributed by atoms with Gasteiger partial charge in [-0.05, 0) is 35.2 Å². The Labute approximate surface area is 185 Å². The minimum atomic E-state index is -0.249. The minimum Gasteiger partial charge on any atom is -0.381 e. The summed E-state index contributed by atoms with van der Waals surface area (Å²) in [6.45, 7) is 0.733. The summed E-state index contributed by atoms with van der Waals surface area (Å²) in [5, 5.41) is 10.9. The van der Waals surface area contributed by atoms with Gasteiger partial charge in [-0.2, -0.15) is 5.10 Å². The number of hydrazone groups is 1. The van der Waals surface area contributed by atoms with Crippen LogP contribution in [0, 0.1) is 0 Å². The van der Waals surface area contributed by atoms with E-state index in [9.17, 15) is 4.79 Å². The molecule has 0 aliphatic rings. The lowest BCUT2D eigenvalue weighted by atomic mass is 10.1. The fourth-order valence-corrected chi connectivity index (χ4v) is 3.77. The van der Waals surface area contributed by atoms with Crippen LogP contribution in [0.25, 0.3) is 21.7 Å². The van der Waals surface area contributed by atoms with Crippen LogP contribution in [0.1, 0.15) is 21.5 Å². The SMILES string of the molecule is O=C(N/N=C\c1c[nH]c2c1ccc1ccccc12)c1ccc(NCc2ccccc2)cc1. The second kappa shape index (κ2) is 8.78. The van der Waals surface area contributed by atoms with Gasteiger partial charge < -0.3 is 10.3 Å². The van der Waals surface area contributed by atoms with Crippen LogP contribution in [0.3, 0.4) is 0 Å². The Morgan fingerprint density at radius 3 is 2.47 bits per heavy atom. The van der Waals surface area contributed by atoms with Gasteiger partial charge in [0.25, 0.3) is 5.91 Å². The molecule has 0 saturated carbocycles. The highest BCUT2D eigenvalue weighted by atomic mass is 16.2. The number of rotatable bonds is 6. The third kappa shape index (κ3) is 4.09. The van der Waals surface area contributed by atoms with Crippen LogP contribution < -0.4 is 10.7 Å². The molecule has 1 heterocycles. The smallest absolute Gasteiger partial charge is 0.271 e. The van der Waals surface area contributed by atoms with Crippen molar-refractivity contribution in [3.63, 3.8) is 0 Å². The summed E-state index contributed by atoms with van der Waals surface area (Å²) in [6, 6.07) is 29.9. The topological polar surface area (TPSA) is 69.3 Å². The van der Waals surface area contributed by atoms with E-state index < -0.39 is 0 Å². The summed E-state index contributed by atoms with van der Waals surface area (Å²) >= 11 is 0. The Hall–Kier alpha value is -4.38. The maximum absolute atomic E-state index is 12.4. The number of fused-ring (bicyclic) bond motifs is 3. The second-order valence-electron chi connectivity index (χ2n) is 7.57. The van der Waals surface area contributed by atoms with Gasteiger partial charge >= 0.3 is 0 Å². The number of carbonyl (C=O) groups is 1. The number of benzene rings is 4. The summed E-state index contributed by atoms with van der Waals surface area (Å²) in [5.74, 6) is -0.249. The molecule has 1 aromatic heterocycles. The van der Waals surface area contributed by atoms with Gasteiger partial charge in [0.2, 0.25) is 0 Å². The number of aromatic amines is 1. The molecule has 4 aromatic carbocycles. The second-order valence-corrected chi connectivity index (χ2v) is 7.57. The van der Waals surface area contributed by atoms with Crippen LogP contribution in [0.5, 0.6) is 0 Å². The van der Waals surface area contributed by atoms with Crippen LogP contribution in [0.15, 0.2) is 102 Å². The van der Waals surface area contributed by atoms with Crippen molar-refractivity contribution in [2.24, 2.45) is 5.10 Å². The molecule has 0 bridgehead atoms. The zero-order valence-corrected chi connectivity index (χ0v) is 17.4. The zero-order valence-electron chi connectivity index (χ0n) is 17.4. The van der Waals surface area contributed by atoms with Gasteiger partial charge in [-0.1, -0.05) is 66.7 Å². The third-order valence-electron chi connectivity index (χ3n) is 5.47. The molecule has 5 rings (SSSR count). The van der Waals surface area contributed by atoms with Gasteiger partial charge in [0.15, 0.2) is 0 Å². The normalized spacial score (nSPS) is 11.2. The molecular formula is C27H22N4O. The van der Waals surface area contributed by atoms with Crippen molar-refractivity contribution >= 4 is 39.5 Å². The van der Waals surface area contributed by atoms with Gasteiger partial charge in [0.05, 0.1) is 11.7 Å². The van der Waals surface area contributed by atoms with E-state index in [4.69, 9.17) is 0 Å². The van der Waals surface area contributed by atoms with Crippen LogP contribution in [-0.2, 0) is 6.54 Å². The molecule has 0 aliphatic heterocycles. The first-order valence-electron chi connectivity index (χ1n) is 10.5. The highest BCUT2D eigenvalue weighted by molar-refractivity contribution is 6.11. The predicted molar refractivity (Wildman–Crippen MR) is 131 cm³/mol. The van der Waals surface area contributed by atoms with E-state index in [1.165, 1.54) is 10.9 Å². The number of hydrogen-bond donors (Lipinski definition) is 3. The van der Waals surface area contributed by atoms with Gasteiger partial charge in [0, 0.05) is 40.3 Å². The van der Waals surface area contributed by atoms with Crippen LogP contribution in [-0.4, -0.2) is 17.1 Å². The van der Waals surface area contributed by atoms with Gasteiger partial charge in [-0.25, -0.2) is 5.43 Å². The van der Waals surface area contributed by atoms with Gasteiger partial charge in [0.1, 0.15) is 0 Å². The molecule has 5 aromatic rings. The Balaban J connectivity index is 1.23. The van der Waals surface area contributed by atoms with E-state index in [2.05, 4.69) is 57.2 Å². The summed E-state index contributed by atoms with van der Waals surface area (Å²) in [5.41, 5.74) is 7.31. The number of nitrogens with one attached hydrogen (secondary N) is 3. The van der Waals surface area contributed by atoms with Gasteiger partial charge in [-0.15, -0.1) is 0 Å². The lowest BCUT2D eigenvalue weighted by molar-refractivity contribution is 0.0955. The number of aromatic nitrogens is 1. The molecular weight excluding hydrogens is 396 g/mol. The molecule has 0 fully saturated rings. The Morgan fingerprint density at radius 1 is 0.844 bits per heavy atom. The monoisotopic (exact) mass is 418 g/mol. The average Bonchev–Trinajstić information content (AvgIpc) is 3.27. The van der Waals surface area contributed by atoms with E-state index in [-0.39, 0.29) is 5.91 Å². The molecule has 0 atom stereocenters. The van der Waals surface area contributed by atoms with Crippen molar-refractivity contribution in [2.75, 3.05) is 5.32 Å². The summed E-state index contributed by atoms with van der Waals surface area (Å²) < 4.78 is 0. The van der Waals surface area contributed by atoms with Crippen molar-refractivity contribution in [3.05, 3.63) is 114 Å². The molecule has 1 amide bonds. The number of hydrogen-bond acceptors (Lipinski definition) is 3. The maximum atomic E-state index is 12.4. The highest BCUT2D eigenvalue weighted by Gasteiger charge is 2.07. The first-order chi connectivity index (χ1) is 15.8. The van der Waals surface area contributed by atoms with Crippen LogP contribution in [0.4, 0.5) is 5.69 Å². The molecule has 5 heteroatoms. The largest absolute Gasteiger partial charge is 0.381 e. The first kappa shape index (κ1) is 19.6. The third-order valence-corrected chi connectivity index (χ3v) is 5.47.